The number of carbonyl (C=O) groups excluding carboxylic acids is 1. The SMILES string of the molecule is COc1cccc(OCc2csc(C(=O)Nc3ccc(-c4nc5ccc(C)cc5s4)cc3)c2)c1. The predicted octanol–water partition coefficient (Wildman–Crippen LogP) is 7.17. The third-order valence-corrected chi connectivity index (χ3v) is 7.30. The number of benzene rings is 3. The number of nitrogens with zero attached hydrogens (tertiary/aromatic N) is 1. The number of fused-ring (bicyclic) bond motifs is 1. The van der Waals surface area contributed by atoms with Gasteiger partial charge in [0.15, 0.2) is 0 Å². The molecular formula is C27H22N2O3S2. The molecule has 34 heavy (non-hydrogen) atoms. The van der Waals surface area contributed by atoms with Gasteiger partial charge in [0.1, 0.15) is 23.1 Å². The minimum atomic E-state index is -0.138. The van der Waals surface area contributed by atoms with Gasteiger partial charge in [-0.25, -0.2) is 4.98 Å². The fourth-order valence-electron chi connectivity index (χ4n) is 3.47. The molecule has 0 saturated carbocycles. The molecule has 0 aliphatic heterocycles. The van der Waals surface area contributed by atoms with Gasteiger partial charge in [0.25, 0.3) is 5.91 Å². The molecule has 0 bridgehead atoms. The second-order valence-corrected chi connectivity index (χ2v) is 9.75. The van der Waals surface area contributed by atoms with Crippen molar-refractivity contribution in [2.75, 3.05) is 12.4 Å². The molecule has 3 aromatic carbocycles. The molecule has 5 rings (SSSR count). The Morgan fingerprint density at radius 3 is 2.65 bits per heavy atom. The van der Waals surface area contributed by atoms with E-state index in [0.717, 1.165) is 38.8 Å². The highest BCUT2D eigenvalue weighted by atomic mass is 32.1. The molecule has 0 atom stereocenters. The highest BCUT2D eigenvalue weighted by Gasteiger charge is 2.11. The molecule has 2 aromatic heterocycles. The third-order valence-electron chi connectivity index (χ3n) is 5.26. The molecule has 5 nitrogen and oxygen atoms in total. The van der Waals surface area contributed by atoms with Gasteiger partial charge in [0.2, 0.25) is 0 Å². The van der Waals surface area contributed by atoms with E-state index in [2.05, 4.69) is 30.4 Å². The van der Waals surface area contributed by atoms with E-state index in [9.17, 15) is 4.79 Å². The number of thiazole rings is 1. The minimum absolute atomic E-state index is 0.138. The number of hydrogen-bond donors (Lipinski definition) is 1. The summed E-state index contributed by atoms with van der Waals surface area (Å²) >= 11 is 3.07. The number of aromatic nitrogens is 1. The van der Waals surface area contributed by atoms with E-state index in [1.54, 1.807) is 18.4 Å². The summed E-state index contributed by atoms with van der Waals surface area (Å²) in [5.41, 5.74) is 4.95. The Bertz CT molecular complexity index is 1450. The van der Waals surface area contributed by atoms with Crippen LogP contribution in [0.25, 0.3) is 20.8 Å². The fraction of sp³-hybridized carbons (Fsp3) is 0.111. The highest BCUT2D eigenvalue weighted by molar-refractivity contribution is 7.21. The summed E-state index contributed by atoms with van der Waals surface area (Å²) in [5.74, 6) is 1.33. The summed E-state index contributed by atoms with van der Waals surface area (Å²) in [5, 5.41) is 5.88. The zero-order chi connectivity index (χ0) is 23.5. The topological polar surface area (TPSA) is 60.5 Å². The van der Waals surface area contributed by atoms with Crippen LogP contribution in [-0.2, 0) is 6.61 Å². The highest BCUT2D eigenvalue weighted by Crippen LogP contribution is 2.31. The van der Waals surface area contributed by atoms with Crippen molar-refractivity contribution >= 4 is 44.5 Å². The second kappa shape index (κ2) is 9.67. The molecule has 7 heteroatoms. The predicted molar refractivity (Wildman–Crippen MR) is 139 cm³/mol. The summed E-state index contributed by atoms with van der Waals surface area (Å²) in [6, 6.07) is 23.4. The van der Waals surface area contributed by atoms with E-state index in [4.69, 9.17) is 14.5 Å². The number of thiophene rings is 1. The third kappa shape index (κ3) is 4.95. The van der Waals surface area contributed by atoms with Gasteiger partial charge < -0.3 is 14.8 Å². The molecule has 1 N–H and O–H groups in total. The van der Waals surface area contributed by atoms with E-state index in [-0.39, 0.29) is 5.91 Å². The van der Waals surface area contributed by atoms with Crippen LogP contribution in [0.4, 0.5) is 5.69 Å². The molecule has 0 aliphatic rings. The number of ether oxygens (including phenoxy) is 2. The Morgan fingerprint density at radius 2 is 1.82 bits per heavy atom. The van der Waals surface area contributed by atoms with Gasteiger partial charge in [-0.2, -0.15) is 0 Å². The molecule has 170 valence electrons. The van der Waals surface area contributed by atoms with E-state index in [1.807, 2.05) is 60.0 Å². The lowest BCUT2D eigenvalue weighted by Crippen LogP contribution is -2.10. The molecule has 0 saturated heterocycles. The number of aryl methyl sites for hydroxylation is 1. The van der Waals surface area contributed by atoms with Crippen molar-refractivity contribution in [3.63, 3.8) is 0 Å². The van der Waals surface area contributed by atoms with Crippen LogP contribution in [0.5, 0.6) is 11.5 Å². The lowest BCUT2D eigenvalue weighted by molar-refractivity contribution is 0.103. The number of methoxy groups -OCH3 is 1. The summed E-state index contributed by atoms with van der Waals surface area (Å²) in [6.45, 7) is 2.47. The van der Waals surface area contributed by atoms with Gasteiger partial charge in [0.05, 0.1) is 22.2 Å². The molecule has 0 spiro atoms. The Balaban J connectivity index is 1.21. The van der Waals surface area contributed by atoms with Crippen molar-refractivity contribution < 1.29 is 14.3 Å². The summed E-state index contributed by atoms with van der Waals surface area (Å²) in [7, 11) is 1.62. The van der Waals surface area contributed by atoms with Crippen LogP contribution in [0, 0.1) is 6.92 Å². The zero-order valence-electron chi connectivity index (χ0n) is 18.7. The number of amides is 1. The summed E-state index contributed by atoms with van der Waals surface area (Å²) in [4.78, 5) is 18.1. The Kier molecular flexibility index (Phi) is 6.29. The molecule has 0 fully saturated rings. The van der Waals surface area contributed by atoms with Crippen LogP contribution in [0.15, 0.2) is 78.2 Å². The van der Waals surface area contributed by atoms with Crippen LogP contribution < -0.4 is 14.8 Å². The van der Waals surface area contributed by atoms with Crippen LogP contribution in [-0.4, -0.2) is 18.0 Å². The van der Waals surface area contributed by atoms with Crippen molar-refractivity contribution in [1.82, 2.24) is 4.98 Å². The largest absolute Gasteiger partial charge is 0.497 e. The molecule has 2 heterocycles. The second-order valence-electron chi connectivity index (χ2n) is 7.81. The smallest absolute Gasteiger partial charge is 0.265 e. The van der Waals surface area contributed by atoms with E-state index in [1.165, 1.54) is 21.6 Å². The number of rotatable bonds is 7. The van der Waals surface area contributed by atoms with Crippen LogP contribution in [0.3, 0.4) is 0 Å². The first kappa shape index (κ1) is 22.1. The van der Waals surface area contributed by atoms with Crippen molar-refractivity contribution in [3.05, 3.63) is 94.2 Å². The molecule has 5 aromatic rings. The van der Waals surface area contributed by atoms with E-state index in [0.29, 0.717) is 11.5 Å². The number of anilines is 1. The van der Waals surface area contributed by atoms with E-state index >= 15 is 0 Å². The van der Waals surface area contributed by atoms with Crippen LogP contribution >= 0.6 is 22.7 Å². The van der Waals surface area contributed by atoms with Crippen molar-refractivity contribution in [2.45, 2.75) is 13.5 Å². The first-order valence-corrected chi connectivity index (χ1v) is 12.4. The maximum atomic E-state index is 12.7. The molecule has 0 radical (unpaired) electrons. The Morgan fingerprint density at radius 1 is 1.00 bits per heavy atom. The van der Waals surface area contributed by atoms with Gasteiger partial charge in [-0.15, -0.1) is 22.7 Å². The lowest BCUT2D eigenvalue weighted by atomic mass is 10.2. The lowest BCUT2D eigenvalue weighted by Gasteiger charge is -2.06. The monoisotopic (exact) mass is 486 g/mol. The average Bonchev–Trinajstić information content (AvgIpc) is 3.50. The number of carbonyl (C=O) groups is 1. The first-order valence-electron chi connectivity index (χ1n) is 10.7. The Hall–Kier alpha value is -3.68. The van der Waals surface area contributed by atoms with Crippen LogP contribution in [0.2, 0.25) is 0 Å². The number of nitrogens with one attached hydrogen (secondary N) is 1. The molecule has 0 aliphatic carbocycles. The first-order chi connectivity index (χ1) is 16.6. The van der Waals surface area contributed by atoms with Crippen molar-refractivity contribution in [2.24, 2.45) is 0 Å². The Labute approximate surface area is 205 Å². The normalized spacial score (nSPS) is 10.9. The van der Waals surface area contributed by atoms with Gasteiger partial charge in [-0.3, -0.25) is 4.79 Å². The zero-order valence-corrected chi connectivity index (χ0v) is 20.3. The van der Waals surface area contributed by atoms with Crippen molar-refractivity contribution in [3.8, 4) is 22.1 Å². The molecule has 1 amide bonds. The quantitative estimate of drug-likeness (QED) is 0.265. The van der Waals surface area contributed by atoms with Gasteiger partial charge >= 0.3 is 0 Å². The van der Waals surface area contributed by atoms with Gasteiger partial charge in [-0.05, 0) is 72.5 Å². The van der Waals surface area contributed by atoms with Gasteiger partial charge in [0, 0.05) is 22.9 Å². The standard InChI is InChI=1S/C27H22N2O3S2/c1-17-6-11-23-24(12-17)34-27(29-23)19-7-9-20(10-8-19)28-26(30)25-13-18(16-33-25)15-32-22-5-3-4-21(14-22)31-2/h3-14,16H,15H2,1-2H3,(H,28,30). The summed E-state index contributed by atoms with van der Waals surface area (Å²) in [6.07, 6.45) is 0. The minimum Gasteiger partial charge on any atom is -0.497 e. The summed E-state index contributed by atoms with van der Waals surface area (Å²) < 4.78 is 12.2. The van der Waals surface area contributed by atoms with Crippen LogP contribution in [0.1, 0.15) is 20.8 Å². The van der Waals surface area contributed by atoms with Gasteiger partial charge in [-0.1, -0.05) is 12.1 Å². The molecular weight excluding hydrogens is 464 g/mol. The maximum absolute atomic E-state index is 12.7. The van der Waals surface area contributed by atoms with Crippen molar-refractivity contribution in [1.29, 1.82) is 0 Å². The average molecular weight is 487 g/mol. The molecule has 0 unspecified atom stereocenters. The fourth-order valence-corrected chi connectivity index (χ4v) is 5.33. The van der Waals surface area contributed by atoms with E-state index < -0.39 is 0 Å². The maximum Gasteiger partial charge on any atom is 0.265 e. The number of hydrogen-bond acceptors (Lipinski definition) is 6.